The average Bonchev–Trinajstić information content (AvgIpc) is 2.87. The van der Waals surface area contributed by atoms with E-state index in [1.165, 1.54) is 6.07 Å². The molecule has 2 bridgehead atoms. The summed E-state index contributed by atoms with van der Waals surface area (Å²) in [5.74, 6) is -2.12. The second-order valence-electron chi connectivity index (χ2n) is 7.16. The molecule has 0 radical (unpaired) electrons. The van der Waals surface area contributed by atoms with Crippen molar-refractivity contribution in [1.82, 2.24) is 0 Å². The number of nitriles is 3. The third-order valence-electron chi connectivity index (χ3n) is 6.06. The van der Waals surface area contributed by atoms with E-state index in [1.54, 1.807) is 12.1 Å². The monoisotopic (exact) mass is 400 g/mol. The SMILES string of the molecule is N#CC1(C#N)C(c2ccc(Cl)cc2Cl)OC23CCCCC2C1(C#N)C(=N)O3. The highest BCUT2D eigenvalue weighted by Crippen LogP contribution is 2.69. The quantitative estimate of drug-likeness (QED) is 0.744. The fourth-order valence-corrected chi connectivity index (χ4v) is 5.36. The zero-order valence-electron chi connectivity index (χ0n) is 14.1. The number of ether oxygens (including phenoxy) is 2. The van der Waals surface area contributed by atoms with Gasteiger partial charge in [0.25, 0.3) is 0 Å². The van der Waals surface area contributed by atoms with Gasteiger partial charge in [-0.2, -0.15) is 15.8 Å². The first-order chi connectivity index (χ1) is 12.9. The van der Waals surface area contributed by atoms with E-state index in [1.807, 2.05) is 12.1 Å². The number of nitrogens with one attached hydrogen (secondary N) is 1. The second-order valence-corrected chi connectivity index (χ2v) is 8.00. The molecular formula is C19H14Cl2N4O2. The summed E-state index contributed by atoms with van der Waals surface area (Å²) in [6.07, 6.45) is 1.50. The van der Waals surface area contributed by atoms with Gasteiger partial charge in [0.15, 0.2) is 5.41 Å². The van der Waals surface area contributed by atoms with Gasteiger partial charge in [-0.15, -0.1) is 0 Å². The van der Waals surface area contributed by atoms with Gasteiger partial charge in [0.05, 0.1) is 24.1 Å². The van der Waals surface area contributed by atoms with Crippen LogP contribution in [0.2, 0.25) is 10.0 Å². The molecule has 4 rings (SSSR count). The molecule has 1 aromatic carbocycles. The van der Waals surface area contributed by atoms with Crippen molar-refractivity contribution in [2.24, 2.45) is 16.7 Å². The van der Waals surface area contributed by atoms with Crippen molar-refractivity contribution >= 4 is 29.1 Å². The fourth-order valence-electron chi connectivity index (χ4n) is 4.85. The Labute approximate surface area is 166 Å². The van der Waals surface area contributed by atoms with Gasteiger partial charge in [0.2, 0.25) is 17.1 Å². The van der Waals surface area contributed by atoms with E-state index in [0.29, 0.717) is 23.4 Å². The van der Waals surface area contributed by atoms with Crippen LogP contribution in [0.3, 0.4) is 0 Å². The molecule has 1 saturated carbocycles. The fraction of sp³-hybridized carbons (Fsp3) is 0.474. The zero-order chi connectivity index (χ0) is 19.4. The van der Waals surface area contributed by atoms with Crippen LogP contribution in [0, 0.1) is 56.2 Å². The van der Waals surface area contributed by atoms with Crippen molar-refractivity contribution in [3.63, 3.8) is 0 Å². The minimum Gasteiger partial charge on any atom is -0.447 e. The molecule has 1 N–H and O–H groups in total. The van der Waals surface area contributed by atoms with Crippen LogP contribution in [-0.2, 0) is 9.47 Å². The Hall–Kier alpha value is -2.30. The first-order valence-electron chi connectivity index (χ1n) is 8.55. The molecule has 1 aromatic rings. The van der Waals surface area contributed by atoms with E-state index in [2.05, 4.69) is 6.07 Å². The van der Waals surface area contributed by atoms with Gasteiger partial charge in [-0.1, -0.05) is 35.7 Å². The Kier molecular flexibility index (Phi) is 3.92. The van der Waals surface area contributed by atoms with Crippen LogP contribution in [0.5, 0.6) is 0 Å². The van der Waals surface area contributed by atoms with Crippen molar-refractivity contribution in [2.75, 3.05) is 0 Å². The van der Waals surface area contributed by atoms with Gasteiger partial charge in [-0.25, -0.2) is 0 Å². The van der Waals surface area contributed by atoms with Gasteiger partial charge in [0.1, 0.15) is 6.10 Å². The van der Waals surface area contributed by atoms with Gasteiger partial charge in [0, 0.05) is 22.0 Å². The summed E-state index contributed by atoms with van der Waals surface area (Å²) < 4.78 is 12.1. The molecule has 0 aromatic heterocycles. The zero-order valence-corrected chi connectivity index (χ0v) is 15.6. The third kappa shape index (κ3) is 2.00. The van der Waals surface area contributed by atoms with Crippen molar-refractivity contribution < 1.29 is 9.47 Å². The molecule has 2 saturated heterocycles. The van der Waals surface area contributed by atoms with Crippen LogP contribution >= 0.6 is 23.2 Å². The predicted octanol–water partition coefficient (Wildman–Crippen LogP) is 4.50. The van der Waals surface area contributed by atoms with E-state index in [0.717, 1.165) is 12.8 Å². The van der Waals surface area contributed by atoms with Crippen molar-refractivity contribution in [2.45, 2.75) is 37.6 Å². The third-order valence-corrected chi connectivity index (χ3v) is 6.62. The Morgan fingerprint density at radius 3 is 2.48 bits per heavy atom. The lowest BCUT2D eigenvalue weighted by Gasteiger charge is -2.51. The van der Waals surface area contributed by atoms with E-state index in [-0.39, 0.29) is 10.9 Å². The van der Waals surface area contributed by atoms with Crippen LogP contribution < -0.4 is 0 Å². The molecule has 0 spiro atoms. The summed E-state index contributed by atoms with van der Waals surface area (Å²) >= 11 is 12.3. The molecule has 6 nitrogen and oxygen atoms in total. The van der Waals surface area contributed by atoms with E-state index in [4.69, 9.17) is 38.1 Å². The van der Waals surface area contributed by atoms with Crippen LogP contribution in [0.15, 0.2) is 18.2 Å². The maximum absolute atomic E-state index is 10.2. The molecule has 3 fully saturated rings. The highest BCUT2D eigenvalue weighted by atomic mass is 35.5. The molecular weight excluding hydrogens is 387 g/mol. The van der Waals surface area contributed by atoms with Crippen molar-refractivity contribution in [3.05, 3.63) is 33.8 Å². The van der Waals surface area contributed by atoms with E-state index >= 15 is 0 Å². The maximum Gasteiger partial charge on any atom is 0.217 e. The minimum atomic E-state index is -1.97. The van der Waals surface area contributed by atoms with Crippen LogP contribution in [0.25, 0.3) is 0 Å². The number of hydrogen-bond acceptors (Lipinski definition) is 6. The van der Waals surface area contributed by atoms with Gasteiger partial charge >= 0.3 is 0 Å². The molecule has 136 valence electrons. The molecule has 27 heavy (non-hydrogen) atoms. The minimum absolute atomic E-state index is 0.229. The first kappa shape index (κ1) is 18.1. The summed E-state index contributed by atoms with van der Waals surface area (Å²) in [4.78, 5) is 0. The Bertz CT molecular complexity index is 961. The Morgan fingerprint density at radius 1 is 1.11 bits per heavy atom. The summed E-state index contributed by atoms with van der Waals surface area (Å²) in [7, 11) is 0. The van der Waals surface area contributed by atoms with E-state index in [9.17, 15) is 15.8 Å². The molecule has 3 aliphatic rings. The Balaban J connectivity index is 2.02. The standard InChI is InChI=1S/C19H14Cl2N4O2/c20-11-4-5-12(13(21)7-11)15-17(8-22,9-23)18(10-24)14-3-1-2-6-19(14,26-15)27-16(18)25/h4-5,7,14-15,25H,1-3,6H2. The maximum atomic E-state index is 10.2. The summed E-state index contributed by atoms with van der Waals surface area (Å²) in [5, 5.41) is 39.5. The highest BCUT2D eigenvalue weighted by Gasteiger charge is 2.80. The molecule has 4 atom stereocenters. The first-order valence-corrected chi connectivity index (χ1v) is 9.31. The van der Waals surface area contributed by atoms with Gasteiger partial charge in [-0.05, 0) is 25.0 Å². The molecule has 2 heterocycles. The lowest BCUT2D eigenvalue weighted by Crippen LogP contribution is -2.60. The Morgan fingerprint density at radius 2 is 1.85 bits per heavy atom. The topological polar surface area (TPSA) is 114 Å². The van der Waals surface area contributed by atoms with Gasteiger partial charge in [-0.3, -0.25) is 5.41 Å². The number of nitrogens with zero attached hydrogens (tertiary/aromatic N) is 3. The van der Waals surface area contributed by atoms with Crippen molar-refractivity contribution in [1.29, 1.82) is 21.2 Å². The molecule has 4 unspecified atom stereocenters. The van der Waals surface area contributed by atoms with Crippen LogP contribution in [0.1, 0.15) is 37.4 Å². The predicted molar refractivity (Wildman–Crippen MR) is 95.5 cm³/mol. The molecule has 0 amide bonds. The number of benzene rings is 1. The number of rotatable bonds is 1. The molecule has 8 heteroatoms. The van der Waals surface area contributed by atoms with Crippen molar-refractivity contribution in [3.8, 4) is 18.2 Å². The summed E-state index contributed by atoms with van der Waals surface area (Å²) in [5.41, 5.74) is -3.31. The normalized spacial score (nSPS) is 35.9. The van der Waals surface area contributed by atoms with E-state index < -0.39 is 28.6 Å². The van der Waals surface area contributed by atoms with Crippen LogP contribution in [-0.4, -0.2) is 11.7 Å². The largest absolute Gasteiger partial charge is 0.447 e. The average molecular weight is 401 g/mol. The highest BCUT2D eigenvalue weighted by molar-refractivity contribution is 6.35. The van der Waals surface area contributed by atoms with Crippen LogP contribution in [0.4, 0.5) is 0 Å². The lowest BCUT2D eigenvalue weighted by molar-refractivity contribution is -0.294. The number of halogens is 2. The summed E-state index contributed by atoms with van der Waals surface area (Å²) in [6.45, 7) is 0. The second kappa shape index (κ2) is 5.85. The lowest BCUT2D eigenvalue weighted by atomic mass is 9.51. The number of hydrogen-bond donors (Lipinski definition) is 1. The molecule has 1 aliphatic carbocycles. The molecule has 2 aliphatic heterocycles. The van der Waals surface area contributed by atoms with Gasteiger partial charge < -0.3 is 9.47 Å². The summed E-state index contributed by atoms with van der Waals surface area (Å²) in [6, 6.07) is 10.8. The smallest absolute Gasteiger partial charge is 0.217 e.